The number of rotatable bonds is 2. The van der Waals surface area contributed by atoms with Crippen LogP contribution in [-0.2, 0) is 11.2 Å². The molecule has 0 radical (unpaired) electrons. The van der Waals surface area contributed by atoms with Crippen molar-refractivity contribution in [2.45, 2.75) is 25.8 Å². The van der Waals surface area contributed by atoms with E-state index in [2.05, 4.69) is 36.2 Å². The average Bonchev–Trinajstić information content (AvgIpc) is 2.61. The maximum absolute atomic E-state index is 5.20. The zero-order chi connectivity index (χ0) is 10.7. The molecule has 2 nitrogen and oxygen atoms in total. The molecule has 2 atom stereocenters. The van der Waals surface area contributed by atoms with E-state index in [1.165, 1.54) is 5.56 Å². The molecule has 15 heavy (non-hydrogen) atoms. The lowest BCUT2D eigenvalue weighted by atomic mass is 9.96. The number of methoxy groups -OCH3 is 1. The third-order valence-electron chi connectivity index (χ3n) is 2.99. The highest BCUT2D eigenvalue weighted by atomic mass is 16.5. The average molecular weight is 203 g/mol. The summed E-state index contributed by atoms with van der Waals surface area (Å²) >= 11 is 0. The summed E-state index contributed by atoms with van der Waals surface area (Å²) in [6.07, 6.45) is 2.00. The first kappa shape index (κ1) is 10.2. The lowest BCUT2D eigenvalue weighted by Gasteiger charge is -2.12. The van der Waals surface area contributed by atoms with Gasteiger partial charge in [-0.05, 0) is 17.9 Å². The number of hydrogen-bond acceptors (Lipinski definition) is 2. The molecule has 2 rings (SSSR count). The molecule has 0 aliphatic carbocycles. The molecular formula is C13H17NO. The molecule has 1 aromatic rings. The number of nitrogens with zero attached hydrogens (tertiary/aromatic N) is 1. The van der Waals surface area contributed by atoms with Gasteiger partial charge >= 0.3 is 0 Å². The second-order valence-corrected chi connectivity index (χ2v) is 4.17. The van der Waals surface area contributed by atoms with Crippen LogP contribution in [-0.4, -0.2) is 19.0 Å². The number of hydrogen-bond donors (Lipinski definition) is 0. The van der Waals surface area contributed by atoms with Crippen LogP contribution >= 0.6 is 0 Å². The molecule has 0 N–H and O–H groups in total. The second-order valence-electron chi connectivity index (χ2n) is 4.17. The summed E-state index contributed by atoms with van der Waals surface area (Å²) in [5.41, 5.74) is 1.36. The van der Waals surface area contributed by atoms with Crippen molar-refractivity contribution in [1.82, 2.24) is 0 Å². The van der Waals surface area contributed by atoms with Crippen molar-refractivity contribution >= 4 is 5.90 Å². The zero-order valence-electron chi connectivity index (χ0n) is 9.31. The molecule has 0 saturated carbocycles. The Balaban J connectivity index is 2.04. The van der Waals surface area contributed by atoms with Gasteiger partial charge in [0.2, 0.25) is 0 Å². The Labute approximate surface area is 91.0 Å². The van der Waals surface area contributed by atoms with Crippen LogP contribution < -0.4 is 0 Å². The Morgan fingerprint density at radius 1 is 1.33 bits per heavy atom. The van der Waals surface area contributed by atoms with Crippen molar-refractivity contribution in [3.8, 4) is 0 Å². The minimum atomic E-state index is 0.391. The van der Waals surface area contributed by atoms with E-state index in [0.29, 0.717) is 12.0 Å². The molecule has 0 spiro atoms. The van der Waals surface area contributed by atoms with Gasteiger partial charge in [0, 0.05) is 6.42 Å². The first-order valence-electron chi connectivity index (χ1n) is 5.44. The van der Waals surface area contributed by atoms with E-state index in [1.807, 2.05) is 6.07 Å². The smallest absolute Gasteiger partial charge is 0.183 e. The minimum Gasteiger partial charge on any atom is -0.484 e. The maximum Gasteiger partial charge on any atom is 0.183 e. The predicted octanol–water partition coefficient (Wildman–Crippen LogP) is 2.68. The largest absolute Gasteiger partial charge is 0.484 e. The quantitative estimate of drug-likeness (QED) is 0.724. The van der Waals surface area contributed by atoms with Crippen LogP contribution in [0.3, 0.4) is 0 Å². The van der Waals surface area contributed by atoms with Gasteiger partial charge < -0.3 is 4.74 Å². The van der Waals surface area contributed by atoms with Crippen LogP contribution in [0.1, 0.15) is 18.9 Å². The molecule has 80 valence electrons. The first-order valence-corrected chi connectivity index (χ1v) is 5.44. The fourth-order valence-electron chi connectivity index (χ4n) is 2.01. The molecule has 0 fully saturated rings. The summed E-state index contributed by atoms with van der Waals surface area (Å²) in [6.45, 7) is 2.24. The van der Waals surface area contributed by atoms with E-state index >= 15 is 0 Å². The molecule has 0 bridgehead atoms. The molecule has 1 aliphatic heterocycles. The first-order chi connectivity index (χ1) is 7.29. The third kappa shape index (κ3) is 2.38. The van der Waals surface area contributed by atoms with E-state index in [9.17, 15) is 0 Å². The molecule has 0 unspecified atom stereocenters. The standard InChI is InChI=1S/C13H17NO/c1-10-8-13(15-2)14-12(10)9-11-6-4-3-5-7-11/h3-7,10,12H,8-9H2,1-2H3/t10-,12+/m0/s1. The normalized spacial score (nSPS) is 25.1. The summed E-state index contributed by atoms with van der Waals surface area (Å²) in [7, 11) is 1.70. The summed E-state index contributed by atoms with van der Waals surface area (Å²) in [5.74, 6) is 1.50. The van der Waals surface area contributed by atoms with Gasteiger partial charge in [-0.2, -0.15) is 0 Å². The lowest BCUT2D eigenvalue weighted by Crippen LogP contribution is -2.13. The van der Waals surface area contributed by atoms with E-state index in [1.54, 1.807) is 7.11 Å². The Morgan fingerprint density at radius 2 is 2.07 bits per heavy atom. The van der Waals surface area contributed by atoms with Crippen molar-refractivity contribution in [2.75, 3.05) is 7.11 Å². The fraction of sp³-hybridized carbons (Fsp3) is 0.462. The van der Waals surface area contributed by atoms with Crippen molar-refractivity contribution in [1.29, 1.82) is 0 Å². The molecular weight excluding hydrogens is 186 g/mol. The second kappa shape index (κ2) is 4.47. The van der Waals surface area contributed by atoms with Gasteiger partial charge in [-0.3, -0.25) is 4.99 Å². The summed E-state index contributed by atoms with van der Waals surface area (Å²) in [6, 6.07) is 10.9. The van der Waals surface area contributed by atoms with Crippen LogP contribution in [0, 0.1) is 5.92 Å². The van der Waals surface area contributed by atoms with E-state index in [-0.39, 0.29) is 0 Å². The Hall–Kier alpha value is -1.31. The van der Waals surface area contributed by atoms with Gasteiger partial charge in [-0.15, -0.1) is 0 Å². The van der Waals surface area contributed by atoms with Gasteiger partial charge in [0.05, 0.1) is 13.2 Å². The van der Waals surface area contributed by atoms with Gasteiger partial charge in [0.15, 0.2) is 5.90 Å². The Bertz CT molecular complexity index is 345. The molecule has 0 amide bonds. The highest BCUT2D eigenvalue weighted by molar-refractivity contribution is 5.78. The maximum atomic E-state index is 5.20. The van der Waals surface area contributed by atoms with Crippen LogP contribution in [0.2, 0.25) is 0 Å². The number of benzene rings is 1. The summed E-state index contributed by atoms with van der Waals surface area (Å²) in [4.78, 5) is 4.58. The van der Waals surface area contributed by atoms with Crippen LogP contribution in [0.5, 0.6) is 0 Å². The van der Waals surface area contributed by atoms with E-state index in [4.69, 9.17) is 4.74 Å². The highest BCUT2D eigenvalue weighted by Gasteiger charge is 2.26. The van der Waals surface area contributed by atoms with Crippen LogP contribution in [0.4, 0.5) is 0 Å². The van der Waals surface area contributed by atoms with Crippen LogP contribution in [0.15, 0.2) is 35.3 Å². The predicted molar refractivity (Wildman–Crippen MR) is 62.2 cm³/mol. The van der Waals surface area contributed by atoms with Crippen LogP contribution in [0.25, 0.3) is 0 Å². The fourth-order valence-corrected chi connectivity index (χ4v) is 2.01. The SMILES string of the molecule is COC1=N[C@H](Cc2ccccc2)[C@@H](C)C1. The third-order valence-corrected chi connectivity index (χ3v) is 2.99. The van der Waals surface area contributed by atoms with Crippen molar-refractivity contribution in [3.05, 3.63) is 35.9 Å². The summed E-state index contributed by atoms with van der Waals surface area (Å²) in [5, 5.41) is 0. The number of ether oxygens (including phenoxy) is 1. The molecule has 1 aromatic carbocycles. The Morgan fingerprint density at radius 3 is 2.67 bits per heavy atom. The molecule has 0 saturated heterocycles. The van der Waals surface area contributed by atoms with E-state index < -0.39 is 0 Å². The topological polar surface area (TPSA) is 21.6 Å². The van der Waals surface area contributed by atoms with Gasteiger partial charge in [0.25, 0.3) is 0 Å². The monoisotopic (exact) mass is 203 g/mol. The van der Waals surface area contributed by atoms with Crippen molar-refractivity contribution in [2.24, 2.45) is 10.9 Å². The number of aliphatic imine (C=N–C) groups is 1. The van der Waals surface area contributed by atoms with E-state index in [0.717, 1.165) is 18.7 Å². The minimum absolute atomic E-state index is 0.391. The molecule has 0 aromatic heterocycles. The summed E-state index contributed by atoms with van der Waals surface area (Å²) < 4.78 is 5.20. The molecule has 2 heteroatoms. The van der Waals surface area contributed by atoms with Gasteiger partial charge in [-0.25, -0.2) is 0 Å². The zero-order valence-corrected chi connectivity index (χ0v) is 9.31. The lowest BCUT2D eigenvalue weighted by molar-refractivity contribution is 0.390. The van der Waals surface area contributed by atoms with Crippen molar-refractivity contribution < 1.29 is 4.74 Å². The highest BCUT2D eigenvalue weighted by Crippen LogP contribution is 2.24. The van der Waals surface area contributed by atoms with Gasteiger partial charge in [0.1, 0.15) is 0 Å². The van der Waals surface area contributed by atoms with Gasteiger partial charge in [-0.1, -0.05) is 37.3 Å². The van der Waals surface area contributed by atoms with Crippen molar-refractivity contribution in [3.63, 3.8) is 0 Å². The molecule has 1 heterocycles. The molecule has 1 aliphatic rings. The Kier molecular flexibility index (Phi) is 3.05.